The van der Waals surface area contributed by atoms with Crippen molar-refractivity contribution < 1.29 is 0 Å². The predicted molar refractivity (Wildman–Crippen MR) is 146 cm³/mol. The van der Waals surface area contributed by atoms with Gasteiger partial charge in [-0.1, -0.05) is 26.5 Å². The van der Waals surface area contributed by atoms with Crippen LogP contribution in [0, 0.1) is 12.8 Å². The maximum atomic E-state index is 4.92. The summed E-state index contributed by atoms with van der Waals surface area (Å²) in [5, 5.41) is 11.9. The lowest BCUT2D eigenvalue weighted by atomic mass is 10.1. The van der Waals surface area contributed by atoms with Crippen LogP contribution in [-0.4, -0.2) is 39.7 Å². The number of aromatic amines is 2. The number of rotatable bonds is 7. The van der Waals surface area contributed by atoms with Crippen molar-refractivity contribution in [3.8, 4) is 28.5 Å². The van der Waals surface area contributed by atoms with Crippen LogP contribution in [-0.2, 0) is 0 Å². The number of pyridine rings is 2. The first-order chi connectivity index (χ1) is 17.9. The minimum absolute atomic E-state index is 0.526. The van der Waals surface area contributed by atoms with Crippen molar-refractivity contribution in [3.05, 3.63) is 79.4 Å². The summed E-state index contributed by atoms with van der Waals surface area (Å²) in [7, 11) is 0. The van der Waals surface area contributed by atoms with Gasteiger partial charge < -0.3 is 14.9 Å². The maximum Gasteiger partial charge on any atom is 0.159 e. The highest BCUT2D eigenvalue weighted by atomic mass is 15.1. The Bertz CT molecular complexity index is 1750. The monoisotopic (exact) mass is 489 g/mol. The van der Waals surface area contributed by atoms with Crippen molar-refractivity contribution in [2.75, 3.05) is 5.32 Å². The minimum atomic E-state index is 0.526. The van der Waals surface area contributed by atoms with Gasteiger partial charge in [-0.2, -0.15) is 5.10 Å². The molecule has 0 radical (unpaired) electrons. The molecular weight excluding hydrogens is 462 g/mol. The zero-order chi connectivity index (χ0) is 25.5. The molecule has 6 rings (SSSR count). The van der Waals surface area contributed by atoms with Crippen LogP contribution in [0.2, 0.25) is 0 Å². The lowest BCUT2D eigenvalue weighted by molar-refractivity contribution is 0.645. The lowest BCUT2D eigenvalue weighted by Gasteiger charge is -2.12. The SMILES string of the molecule is C=C(CC(C)C)Nc1cncc(-c2cc3c(-c4nc5c(-n6cnc(C)c6)cccc5[nH]4)n[nH]c3cn2)c1. The normalized spacial score (nSPS) is 11.6. The van der Waals surface area contributed by atoms with Crippen LogP contribution < -0.4 is 5.32 Å². The number of allylic oxidation sites excluding steroid dienone is 1. The highest BCUT2D eigenvalue weighted by molar-refractivity contribution is 5.95. The Labute approximate surface area is 213 Å². The molecule has 5 heterocycles. The van der Waals surface area contributed by atoms with Crippen molar-refractivity contribution >= 4 is 27.6 Å². The standard InChI is InChI=1S/C28H27N9/c1-16(2)8-17(3)32-20-9-19(11-29-12-20)23-10-21-24(13-30-23)35-36-26(21)28-33-22-6-5-7-25(27(22)34-28)37-14-18(4)31-15-37/h5-7,9-16,32H,3,8H2,1-2,4H3,(H,33,34)(H,35,36). The van der Waals surface area contributed by atoms with Crippen molar-refractivity contribution in [2.45, 2.75) is 27.2 Å². The van der Waals surface area contributed by atoms with Gasteiger partial charge in [-0.3, -0.25) is 15.1 Å². The predicted octanol–water partition coefficient (Wildman–Crippen LogP) is 6.03. The van der Waals surface area contributed by atoms with Crippen LogP contribution in [0.5, 0.6) is 0 Å². The number of nitrogens with zero attached hydrogens (tertiary/aromatic N) is 6. The maximum absolute atomic E-state index is 4.92. The summed E-state index contributed by atoms with van der Waals surface area (Å²) in [5.41, 5.74) is 8.79. The van der Waals surface area contributed by atoms with Gasteiger partial charge in [-0.15, -0.1) is 0 Å². The minimum Gasteiger partial charge on any atom is -0.358 e. The molecule has 0 aliphatic rings. The molecule has 0 aliphatic heterocycles. The molecule has 5 aromatic heterocycles. The van der Waals surface area contributed by atoms with Gasteiger partial charge in [0, 0.05) is 29.0 Å². The summed E-state index contributed by atoms with van der Waals surface area (Å²) in [6.07, 6.45) is 10.1. The lowest BCUT2D eigenvalue weighted by Crippen LogP contribution is -2.02. The van der Waals surface area contributed by atoms with E-state index in [9.17, 15) is 0 Å². The van der Waals surface area contributed by atoms with Crippen molar-refractivity contribution in [3.63, 3.8) is 0 Å². The molecule has 0 fully saturated rings. The van der Waals surface area contributed by atoms with Gasteiger partial charge in [-0.05, 0) is 43.5 Å². The molecule has 0 amide bonds. The molecule has 1 aromatic carbocycles. The average molecular weight is 490 g/mol. The van der Waals surface area contributed by atoms with Crippen LogP contribution in [0.1, 0.15) is 26.0 Å². The highest BCUT2D eigenvalue weighted by Gasteiger charge is 2.16. The summed E-state index contributed by atoms with van der Waals surface area (Å²) in [5.74, 6) is 1.21. The first-order valence-corrected chi connectivity index (χ1v) is 12.2. The second-order valence-corrected chi connectivity index (χ2v) is 9.66. The zero-order valence-corrected chi connectivity index (χ0v) is 20.9. The van der Waals surface area contributed by atoms with E-state index in [4.69, 9.17) is 4.98 Å². The summed E-state index contributed by atoms with van der Waals surface area (Å²) in [4.78, 5) is 21.8. The number of nitrogens with one attached hydrogen (secondary N) is 3. The van der Waals surface area contributed by atoms with Crippen LogP contribution in [0.15, 0.2) is 73.7 Å². The number of anilines is 1. The van der Waals surface area contributed by atoms with E-state index in [1.807, 2.05) is 54.2 Å². The van der Waals surface area contributed by atoms with E-state index < -0.39 is 0 Å². The first kappa shape index (κ1) is 22.7. The van der Waals surface area contributed by atoms with Gasteiger partial charge in [0.1, 0.15) is 11.2 Å². The van der Waals surface area contributed by atoms with E-state index in [0.29, 0.717) is 11.7 Å². The third kappa shape index (κ3) is 4.35. The fraction of sp³-hybridized carbons (Fsp3) is 0.179. The van der Waals surface area contributed by atoms with Crippen molar-refractivity contribution in [1.82, 2.24) is 39.7 Å². The largest absolute Gasteiger partial charge is 0.358 e. The molecule has 9 heteroatoms. The topological polar surface area (TPSA) is 113 Å². The smallest absolute Gasteiger partial charge is 0.159 e. The third-order valence-corrected chi connectivity index (χ3v) is 6.16. The number of fused-ring (bicyclic) bond motifs is 2. The summed E-state index contributed by atoms with van der Waals surface area (Å²) in [6.45, 7) is 10.4. The Kier molecular flexibility index (Phi) is 5.52. The average Bonchev–Trinajstić information content (AvgIpc) is 3.60. The molecule has 0 bridgehead atoms. The van der Waals surface area contributed by atoms with Crippen LogP contribution in [0.4, 0.5) is 5.69 Å². The Morgan fingerprint density at radius 1 is 1.11 bits per heavy atom. The zero-order valence-electron chi connectivity index (χ0n) is 20.9. The summed E-state index contributed by atoms with van der Waals surface area (Å²) >= 11 is 0. The second-order valence-electron chi connectivity index (χ2n) is 9.66. The van der Waals surface area contributed by atoms with Gasteiger partial charge in [0.05, 0.1) is 52.5 Å². The van der Waals surface area contributed by atoms with E-state index in [1.165, 1.54) is 0 Å². The number of H-pyrrole nitrogens is 2. The number of para-hydroxylation sites is 1. The molecule has 6 aromatic rings. The Morgan fingerprint density at radius 3 is 2.81 bits per heavy atom. The van der Waals surface area contributed by atoms with E-state index >= 15 is 0 Å². The first-order valence-electron chi connectivity index (χ1n) is 12.2. The van der Waals surface area contributed by atoms with Gasteiger partial charge in [0.25, 0.3) is 0 Å². The summed E-state index contributed by atoms with van der Waals surface area (Å²) < 4.78 is 1.98. The fourth-order valence-electron chi connectivity index (χ4n) is 4.54. The molecule has 3 N–H and O–H groups in total. The van der Waals surface area contributed by atoms with Crippen LogP contribution in [0.3, 0.4) is 0 Å². The van der Waals surface area contributed by atoms with Crippen LogP contribution in [0.25, 0.3) is 50.4 Å². The Morgan fingerprint density at radius 2 is 2.00 bits per heavy atom. The quantitative estimate of drug-likeness (QED) is 0.252. The second kappa shape index (κ2) is 9.02. The summed E-state index contributed by atoms with van der Waals surface area (Å²) in [6, 6.07) is 10.1. The third-order valence-electron chi connectivity index (χ3n) is 6.16. The van der Waals surface area contributed by atoms with Crippen molar-refractivity contribution in [1.29, 1.82) is 0 Å². The van der Waals surface area contributed by atoms with Gasteiger partial charge >= 0.3 is 0 Å². The van der Waals surface area contributed by atoms with E-state index in [-0.39, 0.29) is 0 Å². The van der Waals surface area contributed by atoms with E-state index in [2.05, 4.69) is 55.9 Å². The number of hydrogen-bond donors (Lipinski definition) is 3. The van der Waals surface area contributed by atoms with E-state index in [0.717, 1.165) is 68.1 Å². The molecule has 184 valence electrons. The Balaban J connectivity index is 1.38. The van der Waals surface area contributed by atoms with Gasteiger partial charge in [0.15, 0.2) is 5.82 Å². The number of hydrogen-bond acceptors (Lipinski definition) is 6. The molecule has 0 aliphatic carbocycles. The molecule has 37 heavy (non-hydrogen) atoms. The fourth-order valence-corrected chi connectivity index (χ4v) is 4.54. The molecule has 0 atom stereocenters. The number of aryl methyl sites for hydroxylation is 1. The van der Waals surface area contributed by atoms with Gasteiger partial charge in [0.2, 0.25) is 0 Å². The van der Waals surface area contributed by atoms with Gasteiger partial charge in [-0.25, -0.2) is 9.97 Å². The number of imidazole rings is 2. The molecule has 0 spiro atoms. The van der Waals surface area contributed by atoms with Crippen LogP contribution >= 0.6 is 0 Å². The molecular formula is C28H27N9. The Hall–Kier alpha value is -4.79. The highest BCUT2D eigenvalue weighted by Crippen LogP contribution is 2.31. The molecule has 9 nitrogen and oxygen atoms in total. The number of aromatic nitrogens is 8. The number of benzene rings is 1. The molecule has 0 saturated heterocycles. The molecule has 0 unspecified atom stereocenters. The van der Waals surface area contributed by atoms with Crippen molar-refractivity contribution in [2.24, 2.45) is 5.92 Å². The molecule has 0 saturated carbocycles. The van der Waals surface area contributed by atoms with E-state index in [1.54, 1.807) is 18.7 Å².